The number of piperidine rings is 1. The third-order valence-corrected chi connectivity index (χ3v) is 4.95. The molecule has 0 aliphatic carbocycles. The number of ether oxygens (including phenoxy) is 1. The molecule has 0 radical (unpaired) electrons. The van der Waals surface area contributed by atoms with E-state index in [2.05, 4.69) is 12.2 Å². The highest BCUT2D eigenvalue weighted by atomic mass is 19.1. The number of hydrogen-bond acceptors (Lipinski definition) is 6. The Morgan fingerprint density at radius 1 is 1.26 bits per heavy atom. The van der Waals surface area contributed by atoms with Gasteiger partial charge in [0.05, 0.1) is 16.2 Å². The number of nitro benzene ring substituents is 1. The molecule has 8 nitrogen and oxygen atoms in total. The first-order valence-corrected chi connectivity index (χ1v) is 9.70. The van der Waals surface area contributed by atoms with Gasteiger partial charge in [-0.3, -0.25) is 14.9 Å². The van der Waals surface area contributed by atoms with Gasteiger partial charge in [-0.15, -0.1) is 0 Å². The van der Waals surface area contributed by atoms with Crippen molar-refractivity contribution in [1.82, 2.24) is 0 Å². The predicted molar refractivity (Wildman–Crippen MR) is 109 cm³/mol. The van der Waals surface area contributed by atoms with Gasteiger partial charge in [0.25, 0.3) is 11.6 Å². The molecule has 1 aliphatic heterocycles. The minimum Gasteiger partial charge on any atom is -0.452 e. The first kappa shape index (κ1) is 22.1. The number of anilines is 2. The Hall–Kier alpha value is -3.56. The Bertz CT molecular complexity index is 1010. The standard InChI is InChI=1S/C21H21F2N3O5/c1-13-3-2-8-25(11-13)18-7-4-14(9-19(18)26(29)30)21(28)31-12-20(27)24-17-6-5-15(22)10-16(17)23/h4-7,9-10,13H,2-3,8,11-12H2,1H3,(H,24,27). The number of nitro groups is 1. The largest absolute Gasteiger partial charge is 0.452 e. The molecule has 1 unspecified atom stereocenters. The number of nitrogens with zero attached hydrogens (tertiary/aromatic N) is 2. The fourth-order valence-electron chi connectivity index (χ4n) is 3.46. The summed E-state index contributed by atoms with van der Waals surface area (Å²) in [5, 5.41) is 13.7. The average Bonchev–Trinajstić information content (AvgIpc) is 2.73. The molecule has 2 aromatic carbocycles. The highest BCUT2D eigenvalue weighted by Gasteiger charge is 2.25. The number of hydrogen-bond donors (Lipinski definition) is 1. The third kappa shape index (κ3) is 5.53. The van der Waals surface area contributed by atoms with Crippen LogP contribution >= 0.6 is 0 Å². The smallest absolute Gasteiger partial charge is 0.338 e. The summed E-state index contributed by atoms with van der Waals surface area (Å²) in [4.78, 5) is 37.1. The van der Waals surface area contributed by atoms with Crippen molar-refractivity contribution in [2.24, 2.45) is 5.92 Å². The van der Waals surface area contributed by atoms with Crippen LogP contribution in [0.3, 0.4) is 0 Å². The summed E-state index contributed by atoms with van der Waals surface area (Å²) < 4.78 is 31.4. The summed E-state index contributed by atoms with van der Waals surface area (Å²) >= 11 is 0. The van der Waals surface area contributed by atoms with E-state index in [0.717, 1.165) is 31.0 Å². The van der Waals surface area contributed by atoms with Crippen LogP contribution < -0.4 is 10.2 Å². The lowest BCUT2D eigenvalue weighted by molar-refractivity contribution is -0.384. The third-order valence-electron chi connectivity index (χ3n) is 4.95. The van der Waals surface area contributed by atoms with E-state index >= 15 is 0 Å². The van der Waals surface area contributed by atoms with Gasteiger partial charge in [-0.25, -0.2) is 13.6 Å². The van der Waals surface area contributed by atoms with Crippen LogP contribution in [0.1, 0.15) is 30.1 Å². The Kier molecular flexibility index (Phi) is 6.78. The summed E-state index contributed by atoms with van der Waals surface area (Å²) in [5.74, 6) is -3.14. The van der Waals surface area contributed by atoms with Crippen LogP contribution in [0.2, 0.25) is 0 Å². The van der Waals surface area contributed by atoms with Gasteiger partial charge in [0.2, 0.25) is 0 Å². The van der Waals surface area contributed by atoms with E-state index in [1.807, 2.05) is 4.90 Å². The quantitative estimate of drug-likeness (QED) is 0.421. The summed E-state index contributed by atoms with van der Waals surface area (Å²) in [6.07, 6.45) is 1.98. The maximum absolute atomic E-state index is 13.6. The molecule has 31 heavy (non-hydrogen) atoms. The molecule has 1 saturated heterocycles. The van der Waals surface area contributed by atoms with E-state index in [0.29, 0.717) is 30.8 Å². The Morgan fingerprint density at radius 2 is 2.03 bits per heavy atom. The van der Waals surface area contributed by atoms with Gasteiger partial charge in [0, 0.05) is 25.2 Å². The van der Waals surface area contributed by atoms with E-state index in [4.69, 9.17) is 4.74 Å². The topological polar surface area (TPSA) is 102 Å². The maximum atomic E-state index is 13.6. The first-order valence-electron chi connectivity index (χ1n) is 9.70. The average molecular weight is 433 g/mol. The number of benzene rings is 2. The highest BCUT2D eigenvalue weighted by Crippen LogP contribution is 2.32. The molecule has 3 rings (SSSR count). The summed E-state index contributed by atoms with van der Waals surface area (Å²) in [6.45, 7) is 2.71. The van der Waals surface area contributed by atoms with Crippen molar-refractivity contribution in [3.8, 4) is 0 Å². The van der Waals surface area contributed by atoms with Gasteiger partial charge < -0.3 is 15.0 Å². The van der Waals surface area contributed by atoms with Crippen molar-refractivity contribution in [3.63, 3.8) is 0 Å². The molecule has 1 atom stereocenters. The molecule has 0 saturated carbocycles. The van der Waals surface area contributed by atoms with E-state index in [9.17, 15) is 28.5 Å². The Balaban J connectivity index is 1.66. The van der Waals surface area contributed by atoms with Crippen LogP contribution in [-0.4, -0.2) is 36.5 Å². The lowest BCUT2D eigenvalue weighted by Crippen LogP contribution is -2.34. The van der Waals surface area contributed by atoms with Crippen LogP contribution in [0.25, 0.3) is 0 Å². The molecular formula is C21H21F2N3O5. The second kappa shape index (κ2) is 9.50. The van der Waals surface area contributed by atoms with Crippen LogP contribution in [-0.2, 0) is 9.53 Å². The minimum atomic E-state index is -0.974. The van der Waals surface area contributed by atoms with Gasteiger partial charge in [-0.05, 0) is 43.0 Å². The second-order valence-corrected chi connectivity index (χ2v) is 7.40. The highest BCUT2D eigenvalue weighted by molar-refractivity contribution is 5.96. The number of carbonyl (C=O) groups is 2. The number of esters is 1. The van der Waals surface area contributed by atoms with Gasteiger partial charge in [-0.2, -0.15) is 0 Å². The fraction of sp³-hybridized carbons (Fsp3) is 0.333. The number of carbonyl (C=O) groups excluding carboxylic acids is 2. The molecule has 1 fully saturated rings. The predicted octanol–water partition coefficient (Wildman–Crippen LogP) is 3.90. The number of rotatable bonds is 6. The van der Waals surface area contributed by atoms with Gasteiger partial charge in [0.15, 0.2) is 6.61 Å². The van der Waals surface area contributed by atoms with Gasteiger partial charge in [0.1, 0.15) is 17.3 Å². The molecule has 10 heteroatoms. The molecular weight excluding hydrogens is 412 g/mol. The SMILES string of the molecule is CC1CCCN(c2ccc(C(=O)OCC(=O)Nc3ccc(F)cc3F)cc2[N+](=O)[O-])C1. The molecule has 0 bridgehead atoms. The van der Waals surface area contributed by atoms with Crippen LogP contribution in [0.5, 0.6) is 0 Å². The molecule has 1 N–H and O–H groups in total. The van der Waals surface area contributed by atoms with Crippen molar-refractivity contribution in [1.29, 1.82) is 0 Å². The van der Waals surface area contributed by atoms with Gasteiger partial charge in [-0.1, -0.05) is 6.92 Å². The molecule has 0 spiro atoms. The zero-order chi connectivity index (χ0) is 22.5. The van der Waals surface area contributed by atoms with E-state index < -0.39 is 35.0 Å². The van der Waals surface area contributed by atoms with E-state index in [-0.39, 0.29) is 16.9 Å². The lowest BCUT2D eigenvalue weighted by atomic mass is 9.99. The maximum Gasteiger partial charge on any atom is 0.338 e. The molecule has 164 valence electrons. The normalized spacial score (nSPS) is 16.0. The molecule has 1 amide bonds. The molecule has 0 aromatic heterocycles. The zero-order valence-electron chi connectivity index (χ0n) is 16.8. The van der Waals surface area contributed by atoms with Crippen LogP contribution in [0.4, 0.5) is 25.8 Å². The Morgan fingerprint density at radius 3 is 2.71 bits per heavy atom. The molecule has 2 aromatic rings. The van der Waals surface area contributed by atoms with Crippen LogP contribution in [0.15, 0.2) is 36.4 Å². The molecule has 1 aliphatic rings. The van der Waals surface area contributed by atoms with Crippen molar-refractivity contribution < 1.29 is 28.0 Å². The van der Waals surface area contributed by atoms with Gasteiger partial charge >= 0.3 is 5.97 Å². The second-order valence-electron chi connectivity index (χ2n) is 7.40. The zero-order valence-corrected chi connectivity index (χ0v) is 16.8. The van der Waals surface area contributed by atoms with Crippen LogP contribution in [0, 0.1) is 27.7 Å². The van der Waals surface area contributed by atoms with E-state index in [1.54, 1.807) is 0 Å². The fourth-order valence-corrected chi connectivity index (χ4v) is 3.46. The first-order chi connectivity index (χ1) is 14.7. The molecule has 1 heterocycles. The number of nitrogens with one attached hydrogen (secondary N) is 1. The van der Waals surface area contributed by atoms with Crippen molar-refractivity contribution in [3.05, 3.63) is 63.7 Å². The van der Waals surface area contributed by atoms with Crippen molar-refractivity contribution in [2.75, 3.05) is 29.9 Å². The van der Waals surface area contributed by atoms with Crippen molar-refractivity contribution in [2.45, 2.75) is 19.8 Å². The van der Waals surface area contributed by atoms with Crippen molar-refractivity contribution >= 4 is 28.9 Å². The summed E-state index contributed by atoms with van der Waals surface area (Å²) in [5.41, 5.74) is -0.140. The summed E-state index contributed by atoms with van der Waals surface area (Å²) in [7, 11) is 0. The lowest BCUT2D eigenvalue weighted by Gasteiger charge is -2.32. The van der Waals surface area contributed by atoms with E-state index in [1.165, 1.54) is 12.1 Å². The number of amides is 1. The monoisotopic (exact) mass is 433 g/mol. The summed E-state index contributed by atoms with van der Waals surface area (Å²) in [6, 6.07) is 6.63. The minimum absolute atomic E-state index is 0.0822. The number of halogens is 2. The Labute approximate surface area is 176 Å².